The summed E-state index contributed by atoms with van der Waals surface area (Å²) in [5.74, 6) is -0.410. The molecule has 0 unspecified atom stereocenters. The van der Waals surface area contributed by atoms with Gasteiger partial charge in [-0.2, -0.15) is 13.2 Å². The summed E-state index contributed by atoms with van der Waals surface area (Å²) in [6, 6.07) is 0.859. The maximum atomic E-state index is 12.7. The summed E-state index contributed by atoms with van der Waals surface area (Å²) >= 11 is 5.97. The maximum Gasteiger partial charge on any atom is 0.417 e. The van der Waals surface area contributed by atoms with Crippen LogP contribution in [-0.4, -0.2) is 43.0 Å². The van der Waals surface area contributed by atoms with Crippen LogP contribution in [0.25, 0.3) is 0 Å². The molecule has 0 saturated carbocycles. The summed E-state index contributed by atoms with van der Waals surface area (Å²) in [5.41, 5.74) is -0.896. The van der Waals surface area contributed by atoms with Crippen LogP contribution in [0, 0.1) is 5.92 Å². The number of carbonyl (C=O) groups excluding carboxylic acids is 2. The van der Waals surface area contributed by atoms with Crippen LogP contribution in [0.4, 0.5) is 19.0 Å². The fourth-order valence-electron chi connectivity index (χ4n) is 2.81. The van der Waals surface area contributed by atoms with Crippen molar-refractivity contribution in [2.45, 2.75) is 32.4 Å². The molecule has 2 amide bonds. The standard InChI is InChI=1S/C17H22ClF3N4O2/c1-2-5-22-14(26)10-24-16(27)11-3-6-25(7-4-11)15-13(18)8-12(9-23-15)17(19,20)21/h8-9,11H,2-7,10H2,1H3,(H,22,26)(H,24,27). The third-order valence-corrected chi connectivity index (χ3v) is 4.59. The van der Waals surface area contributed by atoms with E-state index in [1.165, 1.54) is 0 Å². The van der Waals surface area contributed by atoms with Gasteiger partial charge in [-0.3, -0.25) is 9.59 Å². The SMILES string of the molecule is CCCNC(=O)CNC(=O)C1CCN(c2ncc(C(F)(F)F)cc2Cl)CC1. The molecule has 0 aliphatic carbocycles. The number of alkyl halides is 3. The zero-order valence-electron chi connectivity index (χ0n) is 14.9. The normalized spacial score (nSPS) is 15.5. The number of aromatic nitrogens is 1. The highest BCUT2D eigenvalue weighted by Gasteiger charge is 2.33. The molecule has 1 aromatic heterocycles. The highest BCUT2D eigenvalue weighted by atomic mass is 35.5. The number of anilines is 1. The van der Waals surface area contributed by atoms with E-state index in [0.717, 1.165) is 18.7 Å². The van der Waals surface area contributed by atoms with Crippen LogP contribution in [0.5, 0.6) is 0 Å². The summed E-state index contributed by atoms with van der Waals surface area (Å²) in [5, 5.41) is 5.22. The van der Waals surface area contributed by atoms with Gasteiger partial charge in [-0.15, -0.1) is 0 Å². The second kappa shape index (κ2) is 9.25. The van der Waals surface area contributed by atoms with Gasteiger partial charge in [-0.1, -0.05) is 18.5 Å². The first-order valence-corrected chi connectivity index (χ1v) is 9.12. The lowest BCUT2D eigenvalue weighted by atomic mass is 9.96. The van der Waals surface area contributed by atoms with E-state index in [9.17, 15) is 22.8 Å². The number of carbonyl (C=O) groups is 2. The number of amides is 2. The van der Waals surface area contributed by atoms with Crippen molar-refractivity contribution in [1.29, 1.82) is 0 Å². The first-order chi connectivity index (χ1) is 12.7. The van der Waals surface area contributed by atoms with Crippen LogP contribution in [0.1, 0.15) is 31.7 Å². The Balaban J connectivity index is 1.86. The molecule has 1 fully saturated rings. The Kier molecular flexibility index (Phi) is 7.29. The molecule has 0 atom stereocenters. The predicted octanol–water partition coefficient (Wildman–Crippen LogP) is 2.61. The van der Waals surface area contributed by atoms with Gasteiger partial charge in [-0.05, 0) is 25.3 Å². The summed E-state index contributed by atoms with van der Waals surface area (Å²) < 4.78 is 38.1. The molecule has 0 spiro atoms. The van der Waals surface area contributed by atoms with Crippen LogP contribution in [-0.2, 0) is 15.8 Å². The molecule has 2 heterocycles. The first kappa shape index (κ1) is 21.3. The van der Waals surface area contributed by atoms with Gasteiger partial charge in [0.1, 0.15) is 5.82 Å². The Labute approximate surface area is 160 Å². The molecular formula is C17H22ClF3N4O2. The molecule has 0 radical (unpaired) electrons. The van der Waals surface area contributed by atoms with E-state index in [4.69, 9.17) is 11.6 Å². The average molecular weight is 407 g/mol. The topological polar surface area (TPSA) is 74.3 Å². The Morgan fingerprint density at radius 1 is 1.30 bits per heavy atom. The highest BCUT2D eigenvalue weighted by Crippen LogP contribution is 2.34. The summed E-state index contributed by atoms with van der Waals surface area (Å²) in [6.07, 6.45) is -1.92. The maximum absolute atomic E-state index is 12.7. The molecular weight excluding hydrogens is 385 g/mol. The molecule has 1 aromatic rings. The second-order valence-corrected chi connectivity index (χ2v) is 6.76. The van der Waals surface area contributed by atoms with Gasteiger partial charge in [-0.25, -0.2) is 4.98 Å². The second-order valence-electron chi connectivity index (χ2n) is 6.36. The van der Waals surface area contributed by atoms with Crippen molar-refractivity contribution in [3.05, 3.63) is 22.8 Å². The van der Waals surface area contributed by atoms with Crippen molar-refractivity contribution in [2.24, 2.45) is 5.92 Å². The van der Waals surface area contributed by atoms with Crippen LogP contribution < -0.4 is 15.5 Å². The van der Waals surface area contributed by atoms with Crippen molar-refractivity contribution < 1.29 is 22.8 Å². The number of hydrogen-bond donors (Lipinski definition) is 2. The van der Waals surface area contributed by atoms with Crippen molar-refractivity contribution in [2.75, 3.05) is 31.1 Å². The fraction of sp³-hybridized carbons (Fsp3) is 0.588. The van der Waals surface area contributed by atoms with Crippen molar-refractivity contribution in [3.63, 3.8) is 0 Å². The Hall–Kier alpha value is -2.03. The van der Waals surface area contributed by atoms with Crippen LogP contribution in [0.3, 0.4) is 0 Å². The molecule has 2 N–H and O–H groups in total. The minimum Gasteiger partial charge on any atom is -0.355 e. The predicted molar refractivity (Wildman–Crippen MR) is 95.5 cm³/mol. The number of halogens is 4. The lowest BCUT2D eigenvalue weighted by molar-refractivity contribution is -0.137. The number of piperidine rings is 1. The number of hydrogen-bond acceptors (Lipinski definition) is 4. The molecule has 10 heteroatoms. The fourth-order valence-corrected chi connectivity index (χ4v) is 3.10. The van der Waals surface area contributed by atoms with E-state index in [-0.39, 0.29) is 35.1 Å². The molecule has 0 bridgehead atoms. The van der Waals surface area contributed by atoms with Gasteiger partial charge < -0.3 is 15.5 Å². The van der Waals surface area contributed by atoms with E-state index < -0.39 is 11.7 Å². The van der Waals surface area contributed by atoms with E-state index >= 15 is 0 Å². The third kappa shape index (κ3) is 5.98. The summed E-state index contributed by atoms with van der Waals surface area (Å²) in [7, 11) is 0. The van der Waals surface area contributed by atoms with Gasteiger partial charge in [0.25, 0.3) is 0 Å². The zero-order chi connectivity index (χ0) is 20.0. The molecule has 2 rings (SSSR count). The monoisotopic (exact) mass is 406 g/mol. The molecule has 0 aromatic carbocycles. The van der Waals surface area contributed by atoms with Crippen LogP contribution in [0.15, 0.2) is 12.3 Å². The lowest BCUT2D eigenvalue weighted by Crippen LogP contribution is -2.44. The Bertz CT molecular complexity index is 677. The van der Waals surface area contributed by atoms with Gasteiger partial charge in [0.15, 0.2) is 0 Å². The number of nitrogens with one attached hydrogen (secondary N) is 2. The van der Waals surface area contributed by atoms with E-state index in [0.29, 0.717) is 32.5 Å². The van der Waals surface area contributed by atoms with Gasteiger partial charge in [0, 0.05) is 31.7 Å². The molecule has 150 valence electrons. The van der Waals surface area contributed by atoms with Gasteiger partial charge >= 0.3 is 6.18 Å². The highest BCUT2D eigenvalue weighted by molar-refractivity contribution is 6.33. The van der Waals surface area contributed by atoms with Crippen molar-refractivity contribution in [1.82, 2.24) is 15.6 Å². The van der Waals surface area contributed by atoms with Gasteiger partial charge in [0.05, 0.1) is 17.1 Å². The zero-order valence-corrected chi connectivity index (χ0v) is 15.7. The quantitative estimate of drug-likeness (QED) is 0.761. The molecule has 1 saturated heterocycles. The first-order valence-electron chi connectivity index (χ1n) is 8.74. The largest absolute Gasteiger partial charge is 0.417 e. The van der Waals surface area contributed by atoms with Crippen LogP contribution >= 0.6 is 11.6 Å². The Morgan fingerprint density at radius 2 is 1.96 bits per heavy atom. The smallest absolute Gasteiger partial charge is 0.355 e. The average Bonchev–Trinajstić information content (AvgIpc) is 2.63. The van der Waals surface area contributed by atoms with E-state index in [1.54, 1.807) is 4.90 Å². The summed E-state index contributed by atoms with van der Waals surface area (Å²) in [6.45, 7) is 3.32. The summed E-state index contributed by atoms with van der Waals surface area (Å²) in [4.78, 5) is 29.3. The number of pyridine rings is 1. The van der Waals surface area contributed by atoms with Crippen molar-refractivity contribution in [3.8, 4) is 0 Å². The van der Waals surface area contributed by atoms with Crippen molar-refractivity contribution >= 4 is 29.2 Å². The lowest BCUT2D eigenvalue weighted by Gasteiger charge is -2.32. The van der Waals surface area contributed by atoms with Gasteiger partial charge in [0.2, 0.25) is 11.8 Å². The Morgan fingerprint density at radius 3 is 2.52 bits per heavy atom. The molecule has 27 heavy (non-hydrogen) atoms. The number of rotatable bonds is 6. The van der Waals surface area contributed by atoms with E-state index in [2.05, 4.69) is 15.6 Å². The van der Waals surface area contributed by atoms with E-state index in [1.807, 2.05) is 6.92 Å². The minimum atomic E-state index is -4.50. The minimum absolute atomic E-state index is 0.0642. The number of nitrogens with zero attached hydrogens (tertiary/aromatic N) is 2. The molecule has 6 nitrogen and oxygen atoms in total. The van der Waals surface area contributed by atoms with Crippen LogP contribution in [0.2, 0.25) is 5.02 Å². The third-order valence-electron chi connectivity index (χ3n) is 4.31. The molecule has 1 aliphatic rings. The molecule has 1 aliphatic heterocycles.